The number of aliphatic hydroxyl groups is 1. The largest absolute Gasteiger partial charge is 0.394 e. The normalized spacial score (nSPS) is 17.2. The SMILES string of the molecule is [C-]#[N+]c1ccc([C@@H](CO)N2CCN(c3ccc(Cl)cc3C#N)[C@H](c3ccc(Cl)cc3)C2)cc1. The fraction of sp³-hybridized carbons (Fsp3) is 0.231. The Kier molecular flexibility index (Phi) is 7.18. The first-order chi connectivity index (χ1) is 16.0. The molecule has 5 nitrogen and oxygen atoms in total. The van der Waals surface area contributed by atoms with E-state index in [4.69, 9.17) is 29.8 Å². The zero-order valence-electron chi connectivity index (χ0n) is 17.8. The standard InChI is InChI=1S/C26H22Cl2N4O/c1-30-23-9-4-19(5-10-23)26(17-33)31-12-13-32(24-11-8-22(28)14-20(24)15-29)25(16-31)18-2-6-21(27)7-3-18/h2-11,14,25-26,33H,12-13,16-17H2/t25-,26+/m0/s1. The van der Waals surface area contributed by atoms with Crippen LogP contribution in [0.25, 0.3) is 4.85 Å². The van der Waals surface area contributed by atoms with E-state index in [2.05, 4.69) is 20.7 Å². The third-order valence-electron chi connectivity index (χ3n) is 6.08. The maximum Gasteiger partial charge on any atom is 0.187 e. The minimum absolute atomic E-state index is 0.0326. The molecule has 1 fully saturated rings. The average molecular weight is 477 g/mol. The lowest BCUT2D eigenvalue weighted by Crippen LogP contribution is -2.50. The van der Waals surface area contributed by atoms with Crippen LogP contribution >= 0.6 is 23.2 Å². The van der Waals surface area contributed by atoms with Gasteiger partial charge in [-0.25, -0.2) is 4.85 Å². The lowest BCUT2D eigenvalue weighted by atomic mass is 9.97. The van der Waals surface area contributed by atoms with Gasteiger partial charge in [0, 0.05) is 29.7 Å². The molecule has 3 aromatic rings. The molecule has 1 aliphatic heterocycles. The highest BCUT2D eigenvalue weighted by molar-refractivity contribution is 6.31. The van der Waals surface area contributed by atoms with Crippen LogP contribution in [0.1, 0.15) is 28.8 Å². The van der Waals surface area contributed by atoms with E-state index < -0.39 is 0 Å². The highest BCUT2D eigenvalue weighted by Crippen LogP contribution is 2.37. The second kappa shape index (κ2) is 10.3. The van der Waals surface area contributed by atoms with E-state index >= 15 is 0 Å². The van der Waals surface area contributed by atoms with Crippen LogP contribution in [-0.4, -0.2) is 36.2 Å². The van der Waals surface area contributed by atoms with Crippen molar-refractivity contribution in [3.63, 3.8) is 0 Å². The topological polar surface area (TPSA) is 54.9 Å². The average Bonchev–Trinajstić information content (AvgIpc) is 2.85. The van der Waals surface area contributed by atoms with Crippen LogP contribution in [0.5, 0.6) is 0 Å². The summed E-state index contributed by atoms with van der Waals surface area (Å²) >= 11 is 12.3. The van der Waals surface area contributed by atoms with Crippen LogP contribution in [0.3, 0.4) is 0 Å². The third-order valence-corrected chi connectivity index (χ3v) is 6.56. The number of halogens is 2. The summed E-state index contributed by atoms with van der Waals surface area (Å²) in [7, 11) is 0. The van der Waals surface area contributed by atoms with Crippen molar-refractivity contribution in [1.82, 2.24) is 4.90 Å². The van der Waals surface area contributed by atoms with Crippen LogP contribution in [0, 0.1) is 17.9 Å². The first-order valence-electron chi connectivity index (χ1n) is 10.6. The van der Waals surface area contributed by atoms with Gasteiger partial charge in [0.2, 0.25) is 0 Å². The van der Waals surface area contributed by atoms with Crippen LogP contribution in [0.4, 0.5) is 11.4 Å². The van der Waals surface area contributed by atoms with Gasteiger partial charge in [0.25, 0.3) is 0 Å². The molecule has 1 aliphatic rings. The van der Waals surface area contributed by atoms with Crippen molar-refractivity contribution >= 4 is 34.6 Å². The molecule has 2 atom stereocenters. The van der Waals surface area contributed by atoms with Crippen molar-refractivity contribution in [2.75, 3.05) is 31.1 Å². The summed E-state index contributed by atoms with van der Waals surface area (Å²) in [5.74, 6) is 0. The molecule has 0 saturated carbocycles. The van der Waals surface area contributed by atoms with Gasteiger partial charge in [-0.1, -0.05) is 59.6 Å². The summed E-state index contributed by atoms with van der Waals surface area (Å²) in [4.78, 5) is 7.94. The Bertz CT molecular complexity index is 1200. The number of rotatable bonds is 5. The minimum atomic E-state index is -0.192. The molecule has 0 spiro atoms. The highest BCUT2D eigenvalue weighted by atomic mass is 35.5. The van der Waals surface area contributed by atoms with E-state index in [-0.39, 0.29) is 18.7 Å². The number of hydrogen-bond donors (Lipinski definition) is 1. The number of nitrogens with zero attached hydrogens (tertiary/aromatic N) is 4. The number of piperazine rings is 1. The van der Waals surface area contributed by atoms with Crippen LogP contribution < -0.4 is 4.90 Å². The fourth-order valence-electron chi connectivity index (χ4n) is 4.40. The lowest BCUT2D eigenvalue weighted by Gasteiger charge is -2.46. The number of aliphatic hydroxyl groups excluding tert-OH is 1. The molecule has 0 amide bonds. The van der Waals surface area contributed by atoms with E-state index in [0.29, 0.717) is 40.9 Å². The van der Waals surface area contributed by atoms with Crippen molar-refractivity contribution in [3.05, 3.63) is 105 Å². The third kappa shape index (κ3) is 4.98. The molecule has 0 bridgehead atoms. The summed E-state index contributed by atoms with van der Waals surface area (Å²) in [6, 6.07) is 22.5. The van der Waals surface area contributed by atoms with Gasteiger partial charge in [-0.05, 0) is 41.5 Å². The van der Waals surface area contributed by atoms with Crippen molar-refractivity contribution in [2.45, 2.75) is 12.1 Å². The predicted octanol–water partition coefficient (Wildman–Crippen LogP) is 6.01. The Morgan fingerprint density at radius 3 is 2.36 bits per heavy atom. The van der Waals surface area contributed by atoms with Crippen LogP contribution in [0.2, 0.25) is 10.0 Å². The summed E-state index contributed by atoms with van der Waals surface area (Å²) in [6.07, 6.45) is 0. The van der Waals surface area contributed by atoms with Gasteiger partial charge in [0.1, 0.15) is 6.07 Å². The van der Waals surface area contributed by atoms with Gasteiger partial charge in [0.05, 0.1) is 36.5 Å². The fourth-order valence-corrected chi connectivity index (χ4v) is 4.69. The molecular weight excluding hydrogens is 455 g/mol. The Labute approximate surface area is 203 Å². The zero-order chi connectivity index (χ0) is 23.4. The Balaban J connectivity index is 1.69. The van der Waals surface area contributed by atoms with Crippen LogP contribution in [-0.2, 0) is 0 Å². The zero-order valence-corrected chi connectivity index (χ0v) is 19.3. The maximum absolute atomic E-state index is 10.3. The molecule has 33 heavy (non-hydrogen) atoms. The molecule has 0 unspecified atom stereocenters. The van der Waals surface area contributed by atoms with E-state index in [1.54, 1.807) is 24.3 Å². The Morgan fingerprint density at radius 1 is 1.03 bits per heavy atom. The second-order valence-corrected chi connectivity index (χ2v) is 8.80. The van der Waals surface area contributed by atoms with Crippen molar-refractivity contribution < 1.29 is 5.11 Å². The summed E-state index contributed by atoms with van der Waals surface area (Å²) in [5.41, 5.74) is 3.98. The van der Waals surface area contributed by atoms with Crippen molar-refractivity contribution in [1.29, 1.82) is 5.26 Å². The Morgan fingerprint density at radius 2 is 1.73 bits per heavy atom. The van der Waals surface area contributed by atoms with Crippen LogP contribution in [0.15, 0.2) is 66.7 Å². The highest BCUT2D eigenvalue weighted by Gasteiger charge is 2.33. The summed E-state index contributed by atoms with van der Waals surface area (Å²) in [5, 5.41) is 21.2. The molecule has 4 rings (SSSR count). The molecule has 1 heterocycles. The van der Waals surface area contributed by atoms with Gasteiger partial charge in [-0.15, -0.1) is 0 Å². The van der Waals surface area contributed by atoms with Gasteiger partial charge in [0.15, 0.2) is 5.69 Å². The molecule has 1 N–H and O–H groups in total. The van der Waals surface area contributed by atoms with E-state index in [9.17, 15) is 10.4 Å². The molecular formula is C26H22Cl2N4O. The molecule has 0 aromatic heterocycles. The lowest BCUT2D eigenvalue weighted by molar-refractivity contribution is 0.103. The first kappa shape index (κ1) is 23.1. The first-order valence-corrected chi connectivity index (χ1v) is 11.3. The Hall–Kier alpha value is -3.06. The van der Waals surface area contributed by atoms with Gasteiger partial charge in [-0.3, -0.25) is 4.90 Å². The summed E-state index contributed by atoms with van der Waals surface area (Å²) in [6.45, 7) is 9.15. The van der Waals surface area contributed by atoms with E-state index in [0.717, 1.165) is 16.8 Å². The number of nitriles is 1. The van der Waals surface area contributed by atoms with Gasteiger partial charge >= 0.3 is 0 Å². The van der Waals surface area contributed by atoms with Crippen molar-refractivity contribution in [3.8, 4) is 6.07 Å². The molecule has 0 radical (unpaired) electrons. The number of anilines is 1. The van der Waals surface area contributed by atoms with E-state index in [1.165, 1.54) is 0 Å². The number of hydrogen-bond acceptors (Lipinski definition) is 4. The van der Waals surface area contributed by atoms with Gasteiger partial charge in [-0.2, -0.15) is 5.26 Å². The minimum Gasteiger partial charge on any atom is -0.394 e. The summed E-state index contributed by atoms with van der Waals surface area (Å²) < 4.78 is 0. The van der Waals surface area contributed by atoms with Gasteiger partial charge < -0.3 is 10.0 Å². The molecule has 3 aromatic carbocycles. The predicted molar refractivity (Wildman–Crippen MR) is 132 cm³/mol. The van der Waals surface area contributed by atoms with Crippen molar-refractivity contribution in [2.24, 2.45) is 0 Å². The molecule has 166 valence electrons. The smallest absolute Gasteiger partial charge is 0.187 e. The number of benzene rings is 3. The molecule has 1 saturated heterocycles. The van der Waals surface area contributed by atoms with E-state index in [1.807, 2.05) is 42.5 Å². The quantitative estimate of drug-likeness (QED) is 0.457. The second-order valence-electron chi connectivity index (χ2n) is 7.93. The monoisotopic (exact) mass is 476 g/mol. The molecule has 0 aliphatic carbocycles. The molecule has 7 heteroatoms. The maximum atomic E-state index is 10.3.